The molecule has 1 amide bonds. The molecule has 0 aliphatic carbocycles. The third-order valence-corrected chi connectivity index (χ3v) is 7.04. The van der Waals surface area contributed by atoms with Gasteiger partial charge in [-0.1, -0.05) is 0 Å². The van der Waals surface area contributed by atoms with Gasteiger partial charge >= 0.3 is 0 Å². The summed E-state index contributed by atoms with van der Waals surface area (Å²) in [5.41, 5.74) is 0.449. The summed E-state index contributed by atoms with van der Waals surface area (Å²) in [5, 5.41) is 6.96. The molecule has 1 aromatic heterocycles. The molecule has 2 aliphatic rings. The Labute approximate surface area is 158 Å². The van der Waals surface area contributed by atoms with E-state index in [2.05, 4.69) is 4.98 Å². The van der Waals surface area contributed by atoms with Gasteiger partial charge in [-0.3, -0.25) is 9.59 Å². The molecule has 3 heterocycles. The number of aliphatic carboxylic acids is 1. The maximum Gasteiger partial charge on any atom is 0.300 e. The van der Waals surface area contributed by atoms with E-state index in [4.69, 9.17) is 14.6 Å². The summed E-state index contributed by atoms with van der Waals surface area (Å²) in [4.78, 5) is 29.2. The Bertz CT molecular complexity index is 789. The summed E-state index contributed by atoms with van der Waals surface area (Å²) >= 11 is 0. The maximum absolute atomic E-state index is 12.6. The van der Waals surface area contributed by atoms with Gasteiger partial charge in [-0.05, 0) is 20.2 Å². The van der Waals surface area contributed by atoms with Crippen molar-refractivity contribution in [3.8, 4) is 5.88 Å². The molecule has 0 unspecified atom stereocenters. The molecule has 3 atom stereocenters. The average molecular weight is 399 g/mol. The predicted molar refractivity (Wildman–Crippen MR) is 98.5 cm³/mol. The number of nitrogens with zero attached hydrogens (tertiary/aromatic N) is 3. The monoisotopic (exact) mass is 399 g/mol. The summed E-state index contributed by atoms with van der Waals surface area (Å²) < 4.78 is 29.7. The fourth-order valence-corrected chi connectivity index (χ4v) is 6.02. The van der Waals surface area contributed by atoms with Crippen LogP contribution >= 0.6 is 0 Å². The first-order chi connectivity index (χ1) is 12.6. The van der Waals surface area contributed by atoms with E-state index in [0.717, 1.165) is 6.92 Å². The van der Waals surface area contributed by atoms with Crippen LogP contribution in [-0.4, -0.2) is 91.5 Å². The van der Waals surface area contributed by atoms with Gasteiger partial charge in [0.1, 0.15) is 0 Å². The first-order valence-electron chi connectivity index (χ1n) is 8.43. The number of ether oxygens (including phenoxy) is 1. The number of sulfone groups is 1. The van der Waals surface area contributed by atoms with Crippen LogP contribution in [0.5, 0.6) is 5.88 Å². The molecule has 2 fully saturated rings. The van der Waals surface area contributed by atoms with E-state index in [-0.39, 0.29) is 30.2 Å². The normalized spacial score (nSPS) is 25.5. The highest BCUT2D eigenvalue weighted by atomic mass is 32.2. The molecule has 10 heteroatoms. The van der Waals surface area contributed by atoms with Crippen molar-refractivity contribution in [2.24, 2.45) is 5.92 Å². The lowest BCUT2D eigenvalue weighted by Crippen LogP contribution is -2.38. The molecule has 150 valence electrons. The van der Waals surface area contributed by atoms with Crippen molar-refractivity contribution >= 4 is 21.7 Å². The van der Waals surface area contributed by atoms with Crippen LogP contribution in [0.25, 0.3) is 0 Å². The lowest BCUT2D eigenvalue weighted by Gasteiger charge is -2.25. The SMILES string of the molecule is CC(=O)O.COc1ccc(C(=O)N2C[C@H]3[C@H](N(C)C)CS(=O)(=O)[C@H]3C2)cn1. The highest BCUT2D eigenvalue weighted by Crippen LogP contribution is 2.36. The van der Waals surface area contributed by atoms with Gasteiger partial charge in [0.05, 0.1) is 23.7 Å². The van der Waals surface area contributed by atoms with Gasteiger partial charge in [-0.2, -0.15) is 0 Å². The standard InChI is InChI=1S/C15H21N3O4S.C2H4O2/c1-17(2)12-9-23(20,21)13-8-18(7-11(12)13)15(19)10-4-5-14(22-3)16-6-10;1-2(3)4/h4-6,11-13H,7-9H2,1-3H3;1H3,(H,3,4)/t11-,12+,13-;/m0./s1. The van der Waals surface area contributed by atoms with Crippen LogP contribution in [0.2, 0.25) is 0 Å². The number of pyridine rings is 1. The van der Waals surface area contributed by atoms with Crippen LogP contribution in [0.1, 0.15) is 17.3 Å². The zero-order chi connectivity index (χ0) is 20.4. The Morgan fingerprint density at radius 3 is 2.41 bits per heavy atom. The van der Waals surface area contributed by atoms with E-state index >= 15 is 0 Å². The van der Waals surface area contributed by atoms with Gasteiger partial charge < -0.3 is 19.6 Å². The van der Waals surface area contributed by atoms with Crippen molar-refractivity contribution < 1.29 is 27.9 Å². The minimum Gasteiger partial charge on any atom is -0.481 e. The molecule has 2 saturated heterocycles. The minimum absolute atomic E-state index is 0.0230. The first-order valence-corrected chi connectivity index (χ1v) is 10.1. The number of hydrogen-bond acceptors (Lipinski definition) is 7. The van der Waals surface area contributed by atoms with Gasteiger partial charge in [-0.25, -0.2) is 13.4 Å². The number of hydrogen-bond donors (Lipinski definition) is 1. The topological polar surface area (TPSA) is 117 Å². The van der Waals surface area contributed by atoms with E-state index in [1.807, 2.05) is 19.0 Å². The number of carboxylic acid groups (broad SMARTS) is 1. The van der Waals surface area contributed by atoms with E-state index in [1.54, 1.807) is 17.0 Å². The first kappa shape index (κ1) is 21.1. The van der Waals surface area contributed by atoms with Crippen LogP contribution in [0, 0.1) is 5.92 Å². The van der Waals surface area contributed by atoms with Gasteiger partial charge in [-0.15, -0.1) is 0 Å². The fraction of sp³-hybridized carbons (Fsp3) is 0.588. The lowest BCUT2D eigenvalue weighted by atomic mass is 10.00. The molecule has 0 saturated carbocycles. The van der Waals surface area contributed by atoms with Crippen molar-refractivity contribution in [3.05, 3.63) is 23.9 Å². The van der Waals surface area contributed by atoms with Gasteiger partial charge in [0, 0.05) is 44.2 Å². The number of rotatable bonds is 3. The molecule has 3 rings (SSSR count). The molecule has 0 spiro atoms. The van der Waals surface area contributed by atoms with E-state index in [9.17, 15) is 13.2 Å². The molecule has 1 aromatic rings. The third kappa shape index (κ3) is 4.75. The number of amides is 1. The second kappa shape index (κ2) is 8.22. The van der Waals surface area contributed by atoms with Crippen molar-refractivity contribution in [2.75, 3.05) is 40.0 Å². The largest absolute Gasteiger partial charge is 0.481 e. The van der Waals surface area contributed by atoms with Crippen LogP contribution in [0.4, 0.5) is 0 Å². The Balaban J connectivity index is 0.000000596. The molecular formula is C17H25N3O6S. The lowest BCUT2D eigenvalue weighted by molar-refractivity contribution is -0.134. The average Bonchev–Trinajstić information content (AvgIpc) is 3.13. The van der Waals surface area contributed by atoms with Gasteiger partial charge in [0.15, 0.2) is 9.84 Å². The van der Waals surface area contributed by atoms with Crippen LogP contribution in [-0.2, 0) is 14.6 Å². The molecule has 0 radical (unpaired) electrons. The quantitative estimate of drug-likeness (QED) is 0.754. The number of likely N-dealkylation sites (tertiary alicyclic amines) is 1. The van der Waals surface area contributed by atoms with Crippen molar-refractivity contribution in [1.82, 2.24) is 14.8 Å². The summed E-state index contributed by atoms with van der Waals surface area (Å²) in [5.74, 6) is -0.413. The Morgan fingerprint density at radius 1 is 1.30 bits per heavy atom. The van der Waals surface area contributed by atoms with E-state index < -0.39 is 21.1 Å². The second-order valence-electron chi connectivity index (χ2n) is 6.88. The number of carboxylic acids is 1. The number of carbonyl (C=O) groups is 2. The van der Waals surface area contributed by atoms with Crippen LogP contribution < -0.4 is 4.74 Å². The number of aromatic nitrogens is 1. The summed E-state index contributed by atoms with van der Waals surface area (Å²) in [6.07, 6.45) is 1.47. The summed E-state index contributed by atoms with van der Waals surface area (Å²) in [7, 11) is 2.14. The minimum atomic E-state index is -3.15. The van der Waals surface area contributed by atoms with Crippen LogP contribution in [0.15, 0.2) is 18.3 Å². The number of methoxy groups -OCH3 is 1. The van der Waals surface area contributed by atoms with Crippen molar-refractivity contribution in [3.63, 3.8) is 0 Å². The molecule has 0 bridgehead atoms. The van der Waals surface area contributed by atoms with Crippen molar-refractivity contribution in [2.45, 2.75) is 18.2 Å². The molecule has 2 aliphatic heterocycles. The highest BCUT2D eigenvalue weighted by molar-refractivity contribution is 7.92. The zero-order valence-corrected chi connectivity index (χ0v) is 16.6. The molecule has 0 aromatic carbocycles. The Hall–Kier alpha value is -2.20. The Kier molecular flexibility index (Phi) is 6.42. The Morgan fingerprint density at radius 2 is 1.93 bits per heavy atom. The summed E-state index contributed by atoms with van der Waals surface area (Å²) in [6, 6.07) is 3.25. The van der Waals surface area contributed by atoms with E-state index in [1.165, 1.54) is 13.3 Å². The van der Waals surface area contributed by atoms with Gasteiger partial charge in [0.2, 0.25) is 5.88 Å². The number of carbonyl (C=O) groups excluding carboxylic acids is 1. The molecular weight excluding hydrogens is 374 g/mol. The maximum atomic E-state index is 12.6. The summed E-state index contributed by atoms with van der Waals surface area (Å²) in [6.45, 7) is 1.82. The zero-order valence-electron chi connectivity index (χ0n) is 15.8. The third-order valence-electron chi connectivity index (χ3n) is 4.81. The molecule has 1 N–H and O–H groups in total. The predicted octanol–water partition coefficient (Wildman–Crippen LogP) is -0.0197. The fourth-order valence-electron chi connectivity index (χ4n) is 3.54. The second-order valence-corrected chi connectivity index (χ2v) is 9.15. The van der Waals surface area contributed by atoms with E-state index in [0.29, 0.717) is 18.0 Å². The van der Waals surface area contributed by atoms with Gasteiger partial charge in [0.25, 0.3) is 11.9 Å². The van der Waals surface area contributed by atoms with Crippen LogP contribution in [0.3, 0.4) is 0 Å². The smallest absolute Gasteiger partial charge is 0.300 e. The molecule has 9 nitrogen and oxygen atoms in total. The molecule has 27 heavy (non-hydrogen) atoms. The highest BCUT2D eigenvalue weighted by Gasteiger charge is 2.53. The van der Waals surface area contributed by atoms with Crippen molar-refractivity contribution in [1.29, 1.82) is 0 Å². The number of fused-ring (bicyclic) bond motifs is 1.